The molecular formula is C14H23NO. The van der Waals surface area contributed by atoms with Gasteiger partial charge in [-0.1, -0.05) is 50.6 Å². The number of hydrogen-bond acceptors (Lipinski definition) is 2. The Kier molecular flexibility index (Phi) is 5.50. The van der Waals surface area contributed by atoms with Crippen LogP contribution >= 0.6 is 0 Å². The molecule has 3 N–H and O–H groups in total. The van der Waals surface area contributed by atoms with E-state index in [0.717, 1.165) is 12.8 Å². The van der Waals surface area contributed by atoms with Gasteiger partial charge in [-0.25, -0.2) is 0 Å². The molecule has 1 aromatic carbocycles. The van der Waals surface area contributed by atoms with E-state index >= 15 is 0 Å². The fourth-order valence-corrected chi connectivity index (χ4v) is 2.16. The number of aliphatic hydroxyl groups excluding tert-OH is 1. The van der Waals surface area contributed by atoms with E-state index in [1.54, 1.807) is 0 Å². The quantitative estimate of drug-likeness (QED) is 0.775. The van der Waals surface area contributed by atoms with Crippen molar-refractivity contribution in [3.05, 3.63) is 35.9 Å². The first-order valence-corrected chi connectivity index (χ1v) is 6.13. The summed E-state index contributed by atoms with van der Waals surface area (Å²) >= 11 is 0. The van der Waals surface area contributed by atoms with Crippen LogP contribution in [0.1, 0.15) is 38.2 Å². The zero-order valence-electron chi connectivity index (χ0n) is 10.3. The van der Waals surface area contributed by atoms with E-state index < -0.39 is 0 Å². The van der Waals surface area contributed by atoms with Crippen LogP contribution in [0.25, 0.3) is 0 Å². The first-order valence-electron chi connectivity index (χ1n) is 6.13. The van der Waals surface area contributed by atoms with Crippen LogP contribution in [0.15, 0.2) is 30.3 Å². The van der Waals surface area contributed by atoms with Crippen molar-refractivity contribution in [2.45, 2.75) is 38.7 Å². The average Bonchev–Trinajstić information content (AvgIpc) is 2.35. The zero-order chi connectivity index (χ0) is 12.0. The number of rotatable bonds is 6. The molecule has 3 atom stereocenters. The third-order valence-corrected chi connectivity index (χ3v) is 3.28. The van der Waals surface area contributed by atoms with Crippen LogP contribution in [-0.2, 0) is 0 Å². The van der Waals surface area contributed by atoms with E-state index in [2.05, 4.69) is 26.0 Å². The van der Waals surface area contributed by atoms with Gasteiger partial charge in [0.05, 0.1) is 6.10 Å². The molecule has 0 saturated heterocycles. The van der Waals surface area contributed by atoms with Gasteiger partial charge in [-0.3, -0.25) is 0 Å². The first-order chi connectivity index (χ1) is 7.70. The Bertz CT molecular complexity index is 286. The smallest absolute Gasteiger partial charge is 0.0646 e. The van der Waals surface area contributed by atoms with E-state index in [1.807, 2.05) is 18.2 Å². The summed E-state index contributed by atoms with van der Waals surface area (Å²) < 4.78 is 0. The van der Waals surface area contributed by atoms with Crippen LogP contribution in [0.4, 0.5) is 0 Å². The predicted molar refractivity (Wildman–Crippen MR) is 68.3 cm³/mol. The lowest BCUT2D eigenvalue weighted by Crippen LogP contribution is -2.31. The minimum atomic E-state index is -0.340. The molecule has 0 heterocycles. The molecular weight excluding hydrogens is 198 g/mol. The molecule has 1 aromatic rings. The molecule has 90 valence electrons. The topological polar surface area (TPSA) is 46.2 Å². The highest BCUT2D eigenvalue weighted by Crippen LogP contribution is 2.25. The van der Waals surface area contributed by atoms with E-state index in [9.17, 15) is 5.11 Å². The lowest BCUT2D eigenvalue weighted by Gasteiger charge is -2.26. The lowest BCUT2D eigenvalue weighted by molar-refractivity contribution is 0.0842. The molecule has 3 unspecified atom stereocenters. The van der Waals surface area contributed by atoms with Gasteiger partial charge in [-0.15, -0.1) is 0 Å². The molecule has 0 aromatic heterocycles. The Morgan fingerprint density at radius 1 is 1.25 bits per heavy atom. The summed E-state index contributed by atoms with van der Waals surface area (Å²) in [6.45, 7) is 4.76. The molecule has 1 rings (SSSR count). The lowest BCUT2D eigenvalue weighted by atomic mass is 9.85. The van der Waals surface area contributed by atoms with Gasteiger partial charge >= 0.3 is 0 Å². The Morgan fingerprint density at radius 2 is 1.88 bits per heavy atom. The first kappa shape index (κ1) is 13.2. The summed E-state index contributed by atoms with van der Waals surface area (Å²) in [5.74, 6) is 0.363. The van der Waals surface area contributed by atoms with Crippen LogP contribution < -0.4 is 5.73 Å². The third-order valence-electron chi connectivity index (χ3n) is 3.28. The van der Waals surface area contributed by atoms with Gasteiger partial charge in [0, 0.05) is 5.92 Å². The second-order valence-corrected chi connectivity index (χ2v) is 4.47. The van der Waals surface area contributed by atoms with Crippen molar-refractivity contribution in [1.29, 1.82) is 0 Å². The maximum Gasteiger partial charge on any atom is 0.0646 e. The molecule has 0 spiro atoms. The molecule has 0 aliphatic heterocycles. The summed E-state index contributed by atoms with van der Waals surface area (Å²) in [5, 5.41) is 10.3. The number of hydrogen-bond donors (Lipinski definition) is 2. The Labute approximate surface area is 98.5 Å². The molecule has 0 amide bonds. The van der Waals surface area contributed by atoms with Crippen molar-refractivity contribution in [3.63, 3.8) is 0 Å². The van der Waals surface area contributed by atoms with Gasteiger partial charge in [0.2, 0.25) is 0 Å². The summed E-state index contributed by atoms with van der Waals surface area (Å²) in [4.78, 5) is 0. The highest BCUT2D eigenvalue weighted by molar-refractivity contribution is 5.20. The Balaban J connectivity index is 2.69. The monoisotopic (exact) mass is 221 g/mol. The summed E-state index contributed by atoms with van der Waals surface area (Å²) in [6.07, 6.45) is 1.72. The van der Waals surface area contributed by atoms with Crippen molar-refractivity contribution < 1.29 is 5.11 Å². The minimum Gasteiger partial charge on any atom is -0.392 e. The van der Waals surface area contributed by atoms with Crippen LogP contribution in [0.5, 0.6) is 0 Å². The molecule has 0 bridgehead atoms. The number of nitrogens with two attached hydrogens (primary N) is 1. The van der Waals surface area contributed by atoms with E-state index in [4.69, 9.17) is 5.73 Å². The van der Waals surface area contributed by atoms with Crippen molar-refractivity contribution in [1.82, 2.24) is 0 Å². The van der Waals surface area contributed by atoms with Crippen LogP contribution in [0, 0.1) is 5.92 Å². The number of aliphatic hydroxyl groups is 1. The van der Waals surface area contributed by atoms with Crippen molar-refractivity contribution >= 4 is 0 Å². The van der Waals surface area contributed by atoms with E-state index in [0.29, 0.717) is 6.54 Å². The van der Waals surface area contributed by atoms with Gasteiger partial charge in [0.15, 0.2) is 0 Å². The molecule has 0 fully saturated rings. The van der Waals surface area contributed by atoms with E-state index in [-0.39, 0.29) is 17.9 Å². The fourth-order valence-electron chi connectivity index (χ4n) is 2.16. The molecule has 2 nitrogen and oxygen atoms in total. The second-order valence-electron chi connectivity index (χ2n) is 4.47. The van der Waals surface area contributed by atoms with Gasteiger partial charge in [-0.05, 0) is 24.4 Å². The second kappa shape index (κ2) is 6.66. The zero-order valence-corrected chi connectivity index (χ0v) is 10.3. The summed E-state index contributed by atoms with van der Waals surface area (Å²) in [5.41, 5.74) is 6.90. The summed E-state index contributed by atoms with van der Waals surface area (Å²) in [7, 11) is 0. The molecule has 0 aliphatic rings. The van der Waals surface area contributed by atoms with Crippen molar-refractivity contribution in [2.24, 2.45) is 11.7 Å². The standard InChI is InChI=1S/C14H23NO/c1-3-7-13(10-15)14(16)11(2)12-8-5-4-6-9-12/h4-6,8-9,11,13-14,16H,3,7,10,15H2,1-2H3. The fraction of sp³-hybridized carbons (Fsp3) is 0.571. The van der Waals surface area contributed by atoms with Crippen LogP contribution in [0.2, 0.25) is 0 Å². The molecule has 0 radical (unpaired) electrons. The van der Waals surface area contributed by atoms with Crippen molar-refractivity contribution in [2.75, 3.05) is 6.54 Å². The summed E-state index contributed by atoms with van der Waals surface area (Å²) in [6, 6.07) is 10.1. The van der Waals surface area contributed by atoms with Gasteiger partial charge in [-0.2, -0.15) is 0 Å². The average molecular weight is 221 g/mol. The van der Waals surface area contributed by atoms with Gasteiger partial charge in [0.1, 0.15) is 0 Å². The molecule has 0 saturated carbocycles. The minimum absolute atomic E-state index is 0.154. The highest BCUT2D eigenvalue weighted by Gasteiger charge is 2.23. The number of benzene rings is 1. The predicted octanol–water partition coefficient (Wildman–Crippen LogP) is 2.53. The highest BCUT2D eigenvalue weighted by atomic mass is 16.3. The van der Waals surface area contributed by atoms with Crippen molar-refractivity contribution in [3.8, 4) is 0 Å². The molecule has 2 heteroatoms. The SMILES string of the molecule is CCCC(CN)C(O)C(C)c1ccccc1. The van der Waals surface area contributed by atoms with Crippen LogP contribution in [0.3, 0.4) is 0 Å². The van der Waals surface area contributed by atoms with Gasteiger partial charge in [0.25, 0.3) is 0 Å². The largest absolute Gasteiger partial charge is 0.392 e. The maximum atomic E-state index is 10.3. The van der Waals surface area contributed by atoms with E-state index in [1.165, 1.54) is 5.56 Å². The Hall–Kier alpha value is -0.860. The van der Waals surface area contributed by atoms with Gasteiger partial charge < -0.3 is 10.8 Å². The Morgan fingerprint density at radius 3 is 2.38 bits per heavy atom. The molecule has 0 aliphatic carbocycles. The normalized spacial score (nSPS) is 16.8. The molecule has 16 heavy (non-hydrogen) atoms. The van der Waals surface area contributed by atoms with Crippen LogP contribution in [-0.4, -0.2) is 17.8 Å². The third kappa shape index (κ3) is 3.32. The maximum absolute atomic E-state index is 10.3.